The second-order valence-electron chi connectivity index (χ2n) is 6.38. The van der Waals surface area contributed by atoms with Crippen LogP contribution in [0.1, 0.15) is 35.0 Å². The molecular formula is C19H25NO3. The summed E-state index contributed by atoms with van der Waals surface area (Å²) in [6, 6.07) is 10.5. The van der Waals surface area contributed by atoms with Crippen molar-refractivity contribution in [2.45, 2.75) is 39.0 Å². The molecule has 0 spiro atoms. The highest BCUT2D eigenvalue weighted by atomic mass is 16.5. The molecule has 1 saturated heterocycles. The van der Waals surface area contributed by atoms with Crippen molar-refractivity contribution in [1.82, 2.24) is 4.90 Å². The lowest BCUT2D eigenvalue weighted by Crippen LogP contribution is -2.45. The molecule has 1 N–H and O–H groups in total. The summed E-state index contributed by atoms with van der Waals surface area (Å²) in [6.07, 6.45) is 1.64. The Morgan fingerprint density at radius 2 is 2.13 bits per heavy atom. The highest BCUT2D eigenvalue weighted by Crippen LogP contribution is 2.24. The van der Waals surface area contributed by atoms with Gasteiger partial charge < -0.3 is 14.3 Å². The molecule has 2 aromatic rings. The number of nitrogens with zero attached hydrogens (tertiary/aromatic N) is 1. The van der Waals surface area contributed by atoms with Crippen molar-refractivity contribution in [1.29, 1.82) is 0 Å². The third-order valence-electron chi connectivity index (χ3n) is 4.67. The average molecular weight is 315 g/mol. The van der Waals surface area contributed by atoms with Crippen molar-refractivity contribution in [3.05, 3.63) is 59.0 Å². The van der Waals surface area contributed by atoms with Crippen LogP contribution in [0.2, 0.25) is 0 Å². The Balaban J connectivity index is 1.67. The number of hydrogen-bond donors (Lipinski definition) is 1. The Morgan fingerprint density at radius 3 is 2.87 bits per heavy atom. The minimum absolute atomic E-state index is 0.199. The fraction of sp³-hybridized carbons (Fsp3) is 0.474. The topological polar surface area (TPSA) is 45.8 Å². The van der Waals surface area contributed by atoms with Crippen molar-refractivity contribution >= 4 is 0 Å². The van der Waals surface area contributed by atoms with Crippen LogP contribution in [0, 0.1) is 13.8 Å². The molecule has 2 atom stereocenters. The van der Waals surface area contributed by atoms with E-state index in [0.717, 1.165) is 19.7 Å². The maximum atomic E-state index is 10.4. The first-order valence-corrected chi connectivity index (χ1v) is 8.23. The second-order valence-corrected chi connectivity index (χ2v) is 6.38. The van der Waals surface area contributed by atoms with Gasteiger partial charge in [0.1, 0.15) is 11.9 Å². The molecule has 1 aliphatic rings. The molecule has 0 amide bonds. The molecule has 3 rings (SSSR count). The summed E-state index contributed by atoms with van der Waals surface area (Å²) in [5.74, 6) is 0.627. The zero-order valence-corrected chi connectivity index (χ0v) is 13.9. The molecule has 0 radical (unpaired) electrons. The number of ether oxygens (including phenoxy) is 1. The van der Waals surface area contributed by atoms with E-state index in [0.29, 0.717) is 18.8 Å². The van der Waals surface area contributed by atoms with E-state index in [2.05, 4.69) is 36.9 Å². The van der Waals surface area contributed by atoms with Crippen LogP contribution >= 0.6 is 0 Å². The van der Waals surface area contributed by atoms with Crippen molar-refractivity contribution in [3.8, 4) is 0 Å². The molecular weight excluding hydrogens is 290 g/mol. The SMILES string of the molecule is Cc1ccc(CN2CCOCC2CC(O)c2ccco2)cc1C. The molecule has 1 aliphatic heterocycles. The largest absolute Gasteiger partial charge is 0.467 e. The van der Waals surface area contributed by atoms with Gasteiger partial charge in [0, 0.05) is 19.1 Å². The van der Waals surface area contributed by atoms with Crippen LogP contribution in [-0.4, -0.2) is 35.8 Å². The van der Waals surface area contributed by atoms with Crippen LogP contribution in [0.25, 0.3) is 0 Å². The van der Waals surface area contributed by atoms with Gasteiger partial charge in [0.15, 0.2) is 0 Å². The first-order chi connectivity index (χ1) is 11.1. The predicted molar refractivity (Wildman–Crippen MR) is 89.2 cm³/mol. The molecule has 2 unspecified atom stereocenters. The van der Waals surface area contributed by atoms with E-state index in [-0.39, 0.29) is 6.04 Å². The second kappa shape index (κ2) is 7.30. The normalized spacial score (nSPS) is 20.6. The van der Waals surface area contributed by atoms with Crippen LogP contribution in [-0.2, 0) is 11.3 Å². The van der Waals surface area contributed by atoms with Gasteiger partial charge in [0.2, 0.25) is 0 Å². The number of rotatable bonds is 5. The van der Waals surface area contributed by atoms with Crippen LogP contribution in [0.15, 0.2) is 41.0 Å². The lowest BCUT2D eigenvalue weighted by atomic mass is 10.0. The van der Waals surface area contributed by atoms with E-state index in [1.165, 1.54) is 16.7 Å². The lowest BCUT2D eigenvalue weighted by Gasteiger charge is -2.36. The molecule has 1 aromatic heterocycles. The van der Waals surface area contributed by atoms with Gasteiger partial charge in [0.05, 0.1) is 19.5 Å². The number of aryl methyl sites for hydroxylation is 2. The van der Waals surface area contributed by atoms with Crippen molar-refractivity contribution in [2.75, 3.05) is 19.8 Å². The minimum atomic E-state index is -0.584. The quantitative estimate of drug-likeness (QED) is 0.920. The van der Waals surface area contributed by atoms with Gasteiger partial charge in [-0.05, 0) is 49.1 Å². The van der Waals surface area contributed by atoms with E-state index in [1.807, 2.05) is 12.1 Å². The molecule has 4 nitrogen and oxygen atoms in total. The van der Waals surface area contributed by atoms with Crippen molar-refractivity contribution in [2.24, 2.45) is 0 Å². The molecule has 23 heavy (non-hydrogen) atoms. The van der Waals surface area contributed by atoms with Crippen LogP contribution < -0.4 is 0 Å². The predicted octanol–water partition coefficient (Wildman–Crippen LogP) is 3.22. The Morgan fingerprint density at radius 1 is 1.26 bits per heavy atom. The van der Waals surface area contributed by atoms with Crippen molar-refractivity contribution < 1.29 is 14.3 Å². The smallest absolute Gasteiger partial charge is 0.132 e. The first-order valence-electron chi connectivity index (χ1n) is 8.23. The molecule has 4 heteroatoms. The molecule has 2 heterocycles. The van der Waals surface area contributed by atoms with E-state index in [4.69, 9.17) is 9.15 Å². The summed E-state index contributed by atoms with van der Waals surface area (Å²) in [6.45, 7) is 7.47. The maximum Gasteiger partial charge on any atom is 0.132 e. The Bertz CT molecular complexity index is 624. The zero-order chi connectivity index (χ0) is 16.2. The molecule has 1 fully saturated rings. The molecule has 0 saturated carbocycles. The van der Waals surface area contributed by atoms with Gasteiger partial charge in [-0.3, -0.25) is 4.90 Å². The molecule has 0 bridgehead atoms. The summed E-state index contributed by atoms with van der Waals surface area (Å²) in [5.41, 5.74) is 3.95. The van der Waals surface area contributed by atoms with Gasteiger partial charge in [-0.1, -0.05) is 18.2 Å². The lowest BCUT2D eigenvalue weighted by molar-refractivity contribution is -0.0323. The van der Waals surface area contributed by atoms with Crippen molar-refractivity contribution in [3.63, 3.8) is 0 Å². The monoisotopic (exact) mass is 315 g/mol. The highest BCUT2D eigenvalue weighted by molar-refractivity contribution is 5.29. The fourth-order valence-corrected chi connectivity index (χ4v) is 3.11. The summed E-state index contributed by atoms with van der Waals surface area (Å²) >= 11 is 0. The summed E-state index contributed by atoms with van der Waals surface area (Å²) in [4.78, 5) is 2.40. The van der Waals surface area contributed by atoms with E-state index in [9.17, 15) is 5.11 Å². The number of hydrogen-bond acceptors (Lipinski definition) is 4. The molecule has 1 aromatic carbocycles. The van der Waals surface area contributed by atoms with Crippen LogP contribution in [0.3, 0.4) is 0 Å². The average Bonchev–Trinajstić information content (AvgIpc) is 3.07. The fourth-order valence-electron chi connectivity index (χ4n) is 3.11. The Hall–Kier alpha value is -1.62. The summed E-state index contributed by atoms with van der Waals surface area (Å²) in [7, 11) is 0. The molecule has 0 aliphatic carbocycles. The van der Waals surface area contributed by atoms with Gasteiger partial charge in [-0.2, -0.15) is 0 Å². The van der Waals surface area contributed by atoms with E-state index in [1.54, 1.807) is 6.26 Å². The minimum Gasteiger partial charge on any atom is -0.467 e. The molecule has 124 valence electrons. The number of aliphatic hydroxyl groups excluding tert-OH is 1. The van der Waals surface area contributed by atoms with Gasteiger partial charge in [-0.15, -0.1) is 0 Å². The van der Waals surface area contributed by atoms with E-state index < -0.39 is 6.10 Å². The highest BCUT2D eigenvalue weighted by Gasteiger charge is 2.27. The number of furan rings is 1. The van der Waals surface area contributed by atoms with Crippen LogP contribution in [0.5, 0.6) is 0 Å². The first kappa shape index (κ1) is 16.2. The zero-order valence-electron chi connectivity index (χ0n) is 13.9. The Kier molecular flexibility index (Phi) is 5.16. The van der Waals surface area contributed by atoms with Gasteiger partial charge >= 0.3 is 0 Å². The summed E-state index contributed by atoms with van der Waals surface area (Å²) < 4.78 is 10.9. The number of aliphatic hydroxyl groups is 1. The standard InChI is InChI=1S/C19H25NO3/c1-14-5-6-16(10-15(14)2)12-20-7-9-22-13-17(20)11-18(21)19-4-3-8-23-19/h3-6,8,10,17-18,21H,7,9,11-13H2,1-2H3. The third kappa shape index (κ3) is 4.02. The number of morpholine rings is 1. The third-order valence-corrected chi connectivity index (χ3v) is 4.67. The summed E-state index contributed by atoms with van der Waals surface area (Å²) in [5, 5.41) is 10.4. The number of benzene rings is 1. The van der Waals surface area contributed by atoms with Gasteiger partial charge in [-0.25, -0.2) is 0 Å². The van der Waals surface area contributed by atoms with Gasteiger partial charge in [0.25, 0.3) is 0 Å². The van der Waals surface area contributed by atoms with Crippen LogP contribution in [0.4, 0.5) is 0 Å². The Labute approximate surface area is 137 Å². The maximum absolute atomic E-state index is 10.4. The van der Waals surface area contributed by atoms with E-state index >= 15 is 0 Å².